The van der Waals surface area contributed by atoms with Gasteiger partial charge in [-0.25, -0.2) is 0 Å². The Morgan fingerprint density at radius 3 is 2.85 bits per heavy atom. The molecule has 140 valence electrons. The van der Waals surface area contributed by atoms with Crippen molar-refractivity contribution in [3.05, 3.63) is 47.0 Å². The largest absolute Gasteiger partial charge is 0.373 e. The second-order valence-electron chi connectivity index (χ2n) is 7.87. The molecule has 0 aliphatic carbocycles. The van der Waals surface area contributed by atoms with E-state index < -0.39 is 0 Å². The smallest absolute Gasteiger partial charge is 0.0959 e. The summed E-state index contributed by atoms with van der Waals surface area (Å²) in [5, 5.41) is 4.43. The third kappa shape index (κ3) is 3.82. The number of rotatable bonds is 5. The highest BCUT2D eigenvalue weighted by Gasteiger charge is 2.47. The van der Waals surface area contributed by atoms with E-state index in [2.05, 4.69) is 34.0 Å². The van der Waals surface area contributed by atoms with Gasteiger partial charge < -0.3 is 9.47 Å². The van der Waals surface area contributed by atoms with Gasteiger partial charge in [0.05, 0.1) is 29.7 Å². The summed E-state index contributed by atoms with van der Waals surface area (Å²) in [5.41, 5.74) is 4.63. The molecule has 2 aromatic heterocycles. The fourth-order valence-electron chi connectivity index (χ4n) is 4.18. The lowest BCUT2D eigenvalue weighted by atomic mass is 9.84. The van der Waals surface area contributed by atoms with E-state index in [1.165, 1.54) is 11.3 Å². The summed E-state index contributed by atoms with van der Waals surface area (Å²) in [5.74, 6) is 0. The zero-order chi connectivity index (χ0) is 18.1. The molecule has 2 aromatic rings. The minimum Gasteiger partial charge on any atom is -0.373 e. The van der Waals surface area contributed by atoms with E-state index in [1.54, 1.807) is 0 Å². The third-order valence-corrected chi connectivity index (χ3v) is 5.37. The van der Waals surface area contributed by atoms with Crippen LogP contribution in [-0.2, 0) is 29.7 Å². The van der Waals surface area contributed by atoms with Crippen molar-refractivity contribution in [3.63, 3.8) is 0 Å². The average molecular weight is 356 g/mol. The molecule has 4 heterocycles. The molecule has 1 unspecified atom stereocenters. The van der Waals surface area contributed by atoms with Crippen LogP contribution in [0.25, 0.3) is 0 Å². The molecule has 6 nitrogen and oxygen atoms in total. The van der Waals surface area contributed by atoms with Crippen LogP contribution in [0.2, 0.25) is 0 Å². The molecule has 1 atom stereocenters. The molecule has 0 bridgehead atoms. The zero-order valence-electron chi connectivity index (χ0n) is 15.9. The highest BCUT2D eigenvalue weighted by Crippen LogP contribution is 2.36. The number of pyridine rings is 1. The van der Waals surface area contributed by atoms with Crippen LogP contribution in [0.1, 0.15) is 35.4 Å². The van der Waals surface area contributed by atoms with Gasteiger partial charge in [0, 0.05) is 52.1 Å². The third-order valence-electron chi connectivity index (χ3n) is 5.37. The molecule has 2 saturated heterocycles. The van der Waals surface area contributed by atoms with Crippen molar-refractivity contribution in [2.24, 2.45) is 7.05 Å². The maximum absolute atomic E-state index is 6.18. The zero-order valence-corrected chi connectivity index (χ0v) is 15.9. The molecule has 2 aliphatic rings. The van der Waals surface area contributed by atoms with Crippen LogP contribution in [0, 0.1) is 13.8 Å². The van der Waals surface area contributed by atoms with Gasteiger partial charge in [0.15, 0.2) is 0 Å². The second kappa shape index (κ2) is 7.10. The van der Waals surface area contributed by atoms with E-state index >= 15 is 0 Å². The topological polar surface area (TPSA) is 52.4 Å². The van der Waals surface area contributed by atoms with Crippen molar-refractivity contribution in [1.29, 1.82) is 0 Å². The van der Waals surface area contributed by atoms with E-state index in [9.17, 15) is 0 Å². The van der Waals surface area contributed by atoms with Crippen LogP contribution in [-0.4, -0.2) is 51.1 Å². The van der Waals surface area contributed by atoms with Gasteiger partial charge in [-0.05, 0) is 37.5 Å². The van der Waals surface area contributed by atoms with E-state index in [0.717, 1.165) is 50.3 Å². The van der Waals surface area contributed by atoms with Crippen LogP contribution in [0.15, 0.2) is 24.5 Å². The number of hydrogen-bond donors (Lipinski definition) is 0. The molecule has 0 aromatic carbocycles. The van der Waals surface area contributed by atoms with Crippen LogP contribution < -0.4 is 0 Å². The predicted molar refractivity (Wildman–Crippen MR) is 98.7 cm³/mol. The fourth-order valence-corrected chi connectivity index (χ4v) is 4.18. The molecule has 0 amide bonds. The first-order valence-electron chi connectivity index (χ1n) is 9.39. The molecule has 26 heavy (non-hydrogen) atoms. The first kappa shape index (κ1) is 17.6. The first-order chi connectivity index (χ1) is 12.5. The summed E-state index contributed by atoms with van der Waals surface area (Å²) >= 11 is 0. The first-order valence-corrected chi connectivity index (χ1v) is 9.39. The average Bonchev–Trinajstić information content (AvgIpc) is 2.89. The maximum atomic E-state index is 6.18. The molecular formula is C20H28N4O2. The SMILES string of the molecule is Cc1cncc(COC2CCOC3(C2)CN(Cc2cc(C)nn2C)C3)c1. The van der Waals surface area contributed by atoms with Gasteiger partial charge in [-0.1, -0.05) is 6.07 Å². The summed E-state index contributed by atoms with van der Waals surface area (Å²) in [6, 6.07) is 4.30. The lowest BCUT2D eigenvalue weighted by Gasteiger charge is -2.53. The molecule has 6 heteroatoms. The number of hydrogen-bond acceptors (Lipinski definition) is 5. The van der Waals surface area contributed by atoms with Gasteiger partial charge in [0.25, 0.3) is 0 Å². The van der Waals surface area contributed by atoms with E-state index in [-0.39, 0.29) is 11.7 Å². The highest BCUT2D eigenvalue weighted by molar-refractivity contribution is 5.16. The summed E-state index contributed by atoms with van der Waals surface area (Å²) in [7, 11) is 2.01. The number of nitrogens with zero attached hydrogens (tertiary/aromatic N) is 4. The molecular weight excluding hydrogens is 328 g/mol. The fraction of sp³-hybridized carbons (Fsp3) is 0.600. The summed E-state index contributed by atoms with van der Waals surface area (Å²) in [6.45, 7) is 8.40. The lowest BCUT2D eigenvalue weighted by Crippen LogP contribution is -2.65. The highest BCUT2D eigenvalue weighted by atomic mass is 16.5. The number of aryl methyl sites for hydroxylation is 3. The van der Waals surface area contributed by atoms with E-state index in [0.29, 0.717) is 6.61 Å². The Morgan fingerprint density at radius 2 is 2.12 bits per heavy atom. The van der Waals surface area contributed by atoms with Gasteiger partial charge >= 0.3 is 0 Å². The Labute approximate surface area is 155 Å². The Bertz CT molecular complexity index is 767. The minimum absolute atomic E-state index is 0.0264. The van der Waals surface area contributed by atoms with E-state index in [1.807, 2.05) is 31.0 Å². The monoisotopic (exact) mass is 356 g/mol. The summed E-state index contributed by atoms with van der Waals surface area (Å²) in [4.78, 5) is 6.68. The van der Waals surface area contributed by atoms with Gasteiger partial charge in [-0.2, -0.15) is 5.10 Å². The summed E-state index contributed by atoms with van der Waals surface area (Å²) in [6.07, 6.45) is 5.99. The van der Waals surface area contributed by atoms with Crippen molar-refractivity contribution in [3.8, 4) is 0 Å². The molecule has 0 radical (unpaired) electrons. The van der Waals surface area contributed by atoms with Gasteiger partial charge in [-0.15, -0.1) is 0 Å². The van der Waals surface area contributed by atoms with Crippen molar-refractivity contribution < 1.29 is 9.47 Å². The Balaban J connectivity index is 1.28. The minimum atomic E-state index is -0.0264. The number of aromatic nitrogens is 3. The molecule has 0 saturated carbocycles. The van der Waals surface area contributed by atoms with Gasteiger partial charge in [0.2, 0.25) is 0 Å². The van der Waals surface area contributed by atoms with Crippen molar-refractivity contribution in [1.82, 2.24) is 19.7 Å². The predicted octanol–water partition coefficient (Wildman–Crippen LogP) is 2.38. The standard InChI is InChI=1S/C20H28N4O2/c1-15-6-17(10-21-9-15)12-25-19-4-5-26-20(8-19)13-24(14-20)11-18-7-16(2)22-23(18)3/h6-7,9-10,19H,4-5,8,11-14H2,1-3H3. The molecule has 1 spiro atoms. The molecule has 2 fully saturated rings. The van der Waals surface area contributed by atoms with Crippen molar-refractivity contribution >= 4 is 0 Å². The maximum Gasteiger partial charge on any atom is 0.0959 e. The van der Waals surface area contributed by atoms with Crippen LogP contribution in [0.5, 0.6) is 0 Å². The van der Waals surface area contributed by atoms with Crippen molar-refractivity contribution in [2.75, 3.05) is 19.7 Å². The Kier molecular flexibility index (Phi) is 4.82. The Hall–Kier alpha value is -1.76. The van der Waals surface area contributed by atoms with Crippen LogP contribution >= 0.6 is 0 Å². The van der Waals surface area contributed by atoms with Crippen LogP contribution in [0.3, 0.4) is 0 Å². The van der Waals surface area contributed by atoms with E-state index in [4.69, 9.17) is 9.47 Å². The molecule has 0 N–H and O–H groups in total. The number of likely N-dealkylation sites (tertiary alicyclic amines) is 1. The Morgan fingerprint density at radius 1 is 1.27 bits per heavy atom. The normalized spacial score (nSPS) is 22.5. The molecule has 2 aliphatic heterocycles. The summed E-state index contributed by atoms with van der Waals surface area (Å²) < 4.78 is 14.3. The number of ether oxygens (including phenoxy) is 2. The van der Waals surface area contributed by atoms with Crippen LogP contribution in [0.4, 0.5) is 0 Å². The second-order valence-corrected chi connectivity index (χ2v) is 7.87. The van der Waals surface area contributed by atoms with Gasteiger partial charge in [-0.3, -0.25) is 14.6 Å². The molecule has 4 rings (SSSR count). The lowest BCUT2D eigenvalue weighted by molar-refractivity contribution is -0.200. The van der Waals surface area contributed by atoms with Crippen molar-refractivity contribution in [2.45, 2.75) is 51.5 Å². The quantitative estimate of drug-likeness (QED) is 0.823. The van der Waals surface area contributed by atoms with Gasteiger partial charge in [0.1, 0.15) is 0 Å².